The van der Waals surface area contributed by atoms with Crippen molar-refractivity contribution in [2.24, 2.45) is 0 Å². The van der Waals surface area contributed by atoms with Gasteiger partial charge in [0, 0.05) is 44.9 Å². The Morgan fingerprint density at radius 3 is 1.39 bits per heavy atom. The van der Waals surface area contributed by atoms with Gasteiger partial charge in [-0.05, 0) is 138 Å². The third-order valence-electron chi connectivity index (χ3n) is 13.7. The number of para-hydroxylation sites is 1. The summed E-state index contributed by atoms with van der Waals surface area (Å²) in [6, 6.07) is 63.7. The molecule has 3 nitrogen and oxygen atoms in total. The van der Waals surface area contributed by atoms with Gasteiger partial charge in [-0.2, -0.15) is 0 Å². The van der Waals surface area contributed by atoms with Crippen LogP contribution in [-0.4, -0.2) is 6.71 Å². The maximum atomic E-state index is 6.20. The van der Waals surface area contributed by atoms with E-state index in [0.29, 0.717) is 0 Å². The molecule has 4 heteroatoms. The van der Waals surface area contributed by atoms with Crippen LogP contribution in [0.25, 0.3) is 44.2 Å². The Labute approximate surface area is 379 Å². The molecule has 314 valence electrons. The molecule has 0 saturated carbocycles. The molecule has 0 radical (unpaired) electrons. The molecular formula is C60H55BN2O. The van der Waals surface area contributed by atoms with Crippen molar-refractivity contribution in [3.8, 4) is 22.3 Å². The predicted molar refractivity (Wildman–Crippen MR) is 275 cm³/mol. The minimum absolute atomic E-state index is 0.0153. The first kappa shape index (κ1) is 40.0. The zero-order chi connectivity index (χ0) is 44.3. The standard InChI is InChI=1S/C60H55BN2O/c1-58(2,3)42-22-28-46(29-23-42)63-52-31-25-44(60(7,8)9)37-50(52)61-49-36-43(59(4,5)6)24-30-51(49)62(53-34-41(35-54(63)57(53)61)38-15-11-10-12-16-38)45-26-19-39(20-27-45)40-21-32-56-48(33-40)47-17-13-14-18-55(47)64-56/h10-37H,1-9H3. The molecule has 0 unspecified atom stereocenters. The van der Waals surface area contributed by atoms with Gasteiger partial charge in [-0.25, -0.2) is 0 Å². The lowest BCUT2D eigenvalue weighted by atomic mass is 9.33. The number of furan rings is 1. The molecule has 0 fully saturated rings. The fourth-order valence-corrected chi connectivity index (χ4v) is 10.1. The lowest BCUT2D eigenvalue weighted by Crippen LogP contribution is -2.61. The summed E-state index contributed by atoms with van der Waals surface area (Å²) < 4.78 is 6.20. The molecule has 3 heterocycles. The second-order valence-electron chi connectivity index (χ2n) is 21.1. The fraction of sp³-hybridized carbons (Fsp3) is 0.200. The number of hydrogen-bond donors (Lipinski definition) is 0. The van der Waals surface area contributed by atoms with E-state index in [0.717, 1.165) is 33.3 Å². The minimum atomic E-state index is -0.0329. The van der Waals surface area contributed by atoms with E-state index in [4.69, 9.17) is 4.42 Å². The zero-order valence-electron chi connectivity index (χ0n) is 38.5. The van der Waals surface area contributed by atoms with Crippen molar-refractivity contribution in [3.05, 3.63) is 187 Å². The number of nitrogens with zero attached hydrogens (tertiary/aromatic N) is 2. The van der Waals surface area contributed by atoms with Crippen molar-refractivity contribution in [1.29, 1.82) is 0 Å². The van der Waals surface area contributed by atoms with Crippen LogP contribution in [0.15, 0.2) is 174 Å². The average molecular weight is 831 g/mol. The molecule has 0 bridgehead atoms. The van der Waals surface area contributed by atoms with Gasteiger partial charge in [0.05, 0.1) is 0 Å². The molecule has 0 saturated heterocycles. The van der Waals surface area contributed by atoms with Gasteiger partial charge in [-0.1, -0.05) is 165 Å². The van der Waals surface area contributed by atoms with Crippen molar-refractivity contribution >= 4 is 79.2 Å². The van der Waals surface area contributed by atoms with Crippen LogP contribution in [0.3, 0.4) is 0 Å². The summed E-state index contributed by atoms with van der Waals surface area (Å²) in [6.45, 7) is 20.9. The topological polar surface area (TPSA) is 19.6 Å². The van der Waals surface area contributed by atoms with Gasteiger partial charge in [0.2, 0.25) is 0 Å². The molecule has 11 rings (SSSR count). The van der Waals surface area contributed by atoms with Crippen molar-refractivity contribution < 1.29 is 4.42 Å². The van der Waals surface area contributed by atoms with E-state index >= 15 is 0 Å². The largest absolute Gasteiger partial charge is 0.456 e. The molecule has 0 N–H and O–H groups in total. The number of anilines is 6. The Morgan fingerprint density at radius 2 is 0.828 bits per heavy atom. The van der Waals surface area contributed by atoms with Gasteiger partial charge >= 0.3 is 0 Å². The first-order valence-corrected chi connectivity index (χ1v) is 22.9. The monoisotopic (exact) mass is 830 g/mol. The summed E-state index contributed by atoms with van der Waals surface area (Å²) >= 11 is 0. The van der Waals surface area contributed by atoms with E-state index in [2.05, 4.69) is 230 Å². The Hall–Kier alpha value is -6.78. The normalized spacial score (nSPS) is 13.6. The number of rotatable bonds is 4. The van der Waals surface area contributed by atoms with E-state index in [1.807, 2.05) is 12.1 Å². The van der Waals surface area contributed by atoms with E-state index in [1.165, 1.54) is 78.1 Å². The molecule has 9 aromatic rings. The third-order valence-corrected chi connectivity index (χ3v) is 13.7. The van der Waals surface area contributed by atoms with E-state index in [-0.39, 0.29) is 23.0 Å². The van der Waals surface area contributed by atoms with Gasteiger partial charge in [-0.15, -0.1) is 0 Å². The Bertz CT molecular complexity index is 3270. The van der Waals surface area contributed by atoms with Gasteiger partial charge in [0.15, 0.2) is 0 Å². The highest BCUT2D eigenvalue weighted by atomic mass is 16.3. The summed E-state index contributed by atoms with van der Waals surface area (Å²) in [4.78, 5) is 5.09. The number of benzene rings is 8. The van der Waals surface area contributed by atoms with Crippen LogP contribution in [0, 0.1) is 0 Å². The third kappa shape index (κ3) is 6.57. The molecule has 0 aliphatic carbocycles. The van der Waals surface area contributed by atoms with Crippen LogP contribution in [0.4, 0.5) is 34.1 Å². The van der Waals surface area contributed by atoms with Crippen LogP contribution < -0.4 is 26.2 Å². The highest BCUT2D eigenvalue weighted by molar-refractivity contribution is 7.00. The highest BCUT2D eigenvalue weighted by Gasteiger charge is 2.44. The quantitative estimate of drug-likeness (QED) is 0.165. The van der Waals surface area contributed by atoms with Crippen molar-refractivity contribution in [1.82, 2.24) is 0 Å². The first-order valence-electron chi connectivity index (χ1n) is 22.9. The molecule has 0 amide bonds. The van der Waals surface area contributed by atoms with E-state index in [9.17, 15) is 0 Å². The number of hydrogen-bond acceptors (Lipinski definition) is 3. The Kier molecular flexibility index (Phi) is 8.99. The highest BCUT2D eigenvalue weighted by Crippen LogP contribution is 2.47. The van der Waals surface area contributed by atoms with Crippen LogP contribution in [-0.2, 0) is 16.2 Å². The lowest BCUT2D eigenvalue weighted by Gasteiger charge is -2.45. The van der Waals surface area contributed by atoms with Crippen molar-refractivity contribution in [3.63, 3.8) is 0 Å². The predicted octanol–water partition coefficient (Wildman–Crippen LogP) is 14.9. The molecular weight excluding hydrogens is 775 g/mol. The zero-order valence-corrected chi connectivity index (χ0v) is 38.5. The second-order valence-corrected chi connectivity index (χ2v) is 21.1. The molecule has 1 aromatic heterocycles. The fourth-order valence-electron chi connectivity index (χ4n) is 10.1. The van der Waals surface area contributed by atoms with Gasteiger partial charge < -0.3 is 14.2 Å². The van der Waals surface area contributed by atoms with Gasteiger partial charge in [-0.3, -0.25) is 0 Å². The minimum Gasteiger partial charge on any atom is -0.456 e. The maximum absolute atomic E-state index is 6.20. The summed E-state index contributed by atoms with van der Waals surface area (Å²) in [7, 11) is 0. The maximum Gasteiger partial charge on any atom is 0.252 e. The first-order chi connectivity index (χ1) is 30.6. The van der Waals surface area contributed by atoms with Gasteiger partial charge in [0.1, 0.15) is 11.2 Å². The molecule has 2 aliphatic rings. The van der Waals surface area contributed by atoms with Crippen LogP contribution >= 0.6 is 0 Å². The number of fused-ring (bicyclic) bond motifs is 7. The Morgan fingerprint density at radius 1 is 0.359 bits per heavy atom. The summed E-state index contributed by atoms with van der Waals surface area (Å²) in [5, 5.41) is 2.28. The summed E-state index contributed by atoms with van der Waals surface area (Å²) in [5.74, 6) is 0. The SMILES string of the molecule is CC(C)(C)c1ccc(N2c3ccc(C(C)(C)C)cc3B3c4cc(C(C)(C)C)ccc4N(c4ccc(-c5ccc6oc7ccccc7c6c5)cc4)c4cc(-c5ccccc5)cc2c43)cc1. The van der Waals surface area contributed by atoms with Crippen molar-refractivity contribution in [2.75, 3.05) is 9.80 Å². The van der Waals surface area contributed by atoms with E-state index in [1.54, 1.807) is 0 Å². The second kappa shape index (κ2) is 14.4. The molecule has 0 atom stereocenters. The van der Waals surface area contributed by atoms with Crippen LogP contribution in [0.2, 0.25) is 0 Å². The molecule has 64 heavy (non-hydrogen) atoms. The van der Waals surface area contributed by atoms with Gasteiger partial charge in [0.25, 0.3) is 6.71 Å². The smallest absolute Gasteiger partial charge is 0.252 e. The lowest BCUT2D eigenvalue weighted by molar-refractivity contribution is 0.590. The Balaban J connectivity index is 1.17. The van der Waals surface area contributed by atoms with Crippen LogP contribution in [0.5, 0.6) is 0 Å². The molecule has 2 aliphatic heterocycles. The summed E-state index contributed by atoms with van der Waals surface area (Å²) in [5.41, 5.74) is 21.7. The summed E-state index contributed by atoms with van der Waals surface area (Å²) in [6.07, 6.45) is 0. The average Bonchev–Trinajstić information content (AvgIpc) is 3.66. The van der Waals surface area contributed by atoms with E-state index < -0.39 is 0 Å². The molecule has 0 spiro atoms. The molecule has 8 aromatic carbocycles. The van der Waals surface area contributed by atoms with Crippen LogP contribution in [0.1, 0.15) is 79.0 Å². The van der Waals surface area contributed by atoms with Crippen molar-refractivity contribution in [2.45, 2.75) is 78.6 Å².